The lowest BCUT2D eigenvalue weighted by molar-refractivity contribution is -0.172. The van der Waals surface area contributed by atoms with Crippen molar-refractivity contribution in [3.63, 3.8) is 0 Å². The molecular formula is C59H58ClF3N10O7S. The molecule has 0 bridgehead atoms. The highest BCUT2D eigenvalue weighted by Crippen LogP contribution is 2.47. The summed E-state index contributed by atoms with van der Waals surface area (Å²) < 4.78 is 67.8. The number of amides is 1. The number of piperazine rings is 1. The Kier molecular flexibility index (Phi) is 13.6. The van der Waals surface area contributed by atoms with Crippen LogP contribution in [0.25, 0.3) is 54.4 Å². The molecule has 4 aromatic heterocycles. The number of aryl methyl sites for hydroxylation is 1. The first-order valence-corrected chi connectivity index (χ1v) is 28.3. The first kappa shape index (κ1) is 54.2. The van der Waals surface area contributed by atoms with E-state index in [4.69, 9.17) is 41.5 Å². The van der Waals surface area contributed by atoms with Gasteiger partial charge in [0.15, 0.2) is 11.4 Å². The number of nitrogen functional groups attached to an aromatic ring is 1. The summed E-state index contributed by atoms with van der Waals surface area (Å²) in [6, 6.07) is 12.8. The fraction of sp³-hybridized carbons (Fsp3) is 0.407. The van der Waals surface area contributed by atoms with Crippen molar-refractivity contribution in [3.8, 4) is 40.3 Å². The molecule has 0 radical (unpaired) electrons. The topological polar surface area (TPSA) is 206 Å². The molecule has 1 amide bonds. The molecule has 420 valence electrons. The lowest BCUT2D eigenvalue weighted by Gasteiger charge is -2.41. The zero-order chi connectivity index (χ0) is 57.1. The number of hydrogen-bond acceptors (Lipinski definition) is 16. The van der Waals surface area contributed by atoms with Gasteiger partial charge in [0.2, 0.25) is 0 Å². The van der Waals surface area contributed by atoms with Crippen molar-refractivity contribution < 1.29 is 42.1 Å². The number of rotatable bonds is 13. The summed E-state index contributed by atoms with van der Waals surface area (Å²) in [6.07, 6.45) is 0.663. The van der Waals surface area contributed by atoms with Crippen LogP contribution in [0.15, 0.2) is 59.4 Å². The van der Waals surface area contributed by atoms with E-state index in [2.05, 4.69) is 16.5 Å². The van der Waals surface area contributed by atoms with E-state index >= 15 is 8.78 Å². The smallest absolute Gasteiger partial charge is 0.343 e. The SMILES string of the molecule is C=C(C(=O)N1CCN(c2nc(OC[C@@]34CCCN3C[C@H](F)C4)nc3c(F)c(-c4ccc(F)c5sc(N)c(C#N)c45)c(Cl)cc23)[C@@H](C)C1)C(CN(C)C)Oc1ccc2nc3c(c(CC)c2c1)Cn1c-3cc2c(c1=O)COC(=O)[C@]2(O)CC. The first-order valence-electron chi connectivity index (χ1n) is 27.1. The Morgan fingerprint density at radius 2 is 1.89 bits per heavy atom. The van der Waals surface area contributed by atoms with E-state index in [0.717, 1.165) is 40.8 Å². The van der Waals surface area contributed by atoms with E-state index in [1.54, 1.807) is 34.6 Å². The predicted molar refractivity (Wildman–Crippen MR) is 302 cm³/mol. The van der Waals surface area contributed by atoms with E-state index in [0.29, 0.717) is 54.4 Å². The summed E-state index contributed by atoms with van der Waals surface area (Å²) in [5.41, 5.74) is 7.42. The number of likely N-dealkylation sites (N-methyl/N-ethyl adjacent to an activating group) is 1. The molecule has 5 aliphatic rings. The van der Waals surface area contributed by atoms with Crippen molar-refractivity contribution in [1.82, 2.24) is 34.2 Å². The number of carbonyl (C=O) groups excluding carboxylic acids is 2. The summed E-state index contributed by atoms with van der Waals surface area (Å²) >= 11 is 7.92. The summed E-state index contributed by atoms with van der Waals surface area (Å²) in [6.45, 7) is 12.0. The van der Waals surface area contributed by atoms with Crippen LogP contribution in [0.3, 0.4) is 0 Å². The number of nitriles is 1. The number of hydrogen-bond donors (Lipinski definition) is 2. The number of aliphatic hydroxyl groups is 1. The van der Waals surface area contributed by atoms with Gasteiger partial charge in [-0.25, -0.2) is 22.9 Å². The second-order valence-electron chi connectivity index (χ2n) is 22.1. The molecule has 5 atom stereocenters. The quantitative estimate of drug-likeness (QED) is 0.0821. The maximum atomic E-state index is 17.6. The molecule has 12 rings (SSSR count). The number of alkyl halides is 1. The molecule has 5 aliphatic heterocycles. The minimum Gasteiger partial charge on any atom is -0.484 e. The summed E-state index contributed by atoms with van der Waals surface area (Å²) in [5.74, 6) is -1.84. The Bertz CT molecular complexity index is 3960. The second-order valence-corrected chi connectivity index (χ2v) is 23.6. The molecular weight excluding hydrogens is 1090 g/mol. The average molecular weight is 1140 g/mol. The number of halogens is 4. The summed E-state index contributed by atoms with van der Waals surface area (Å²) in [5, 5.41) is 22.7. The van der Waals surface area contributed by atoms with Crippen LogP contribution >= 0.6 is 22.9 Å². The molecule has 81 heavy (non-hydrogen) atoms. The number of pyridine rings is 2. The molecule has 3 saturated heterocycles. The van der Waals surface area contributed by atoms with Gasteiger partial charge in [-0.3, -0.25) is 14.5 Å². The van der Waals surface area contributed by atoms with Crippen LogP contribution in [0, 0.1) is 23.0 Å². The van der Waals surface area contributed by atoms with E-state index in [1.165, 1.54) is 12.1 Å². The fourth-order valence-electron chi connectivity index (χ4n) is 13.0. The van der Waals surface area contributed by atoms with E-state index in [-0.39, 0.29) is 134 Å². The lowest BCUT2D eigenvalue weighted by Crippen LogP contribution is -2.55. The monoisotopic (exact) mass is 1140 g/mol. The van der Waals surface area contributed by atoms with Gasteiger partial charge in [-0.05, 0) is 101 Å². The van der Waals surface area contributed by atoms with Gasteiger partial charge in [0.05, 0.1) is 55.4 Å². The van der Waals surface area contributed by atoms with Crippen LogP contribution in [0.5, 0.6) is 11.8 Å². The van der Waals surface area contributed by atoms with Gasteiger partial charge in [-0.15, -0.1) is 11.3 Å². The van der Waals surface area contributed by atoms with Crippen molar-refractivity contribution in [2.75, 3.05) is 70.6 Å². The number of fused-ring (bicyclic) bond motifs is 8. The molecule has 7 aromatic rings. The molecule has 0 spiro atoms. The third-order valence-electron chi connectivity index (χ3n) is 17.1. The fourth-order valence-corrected chi connectivity index (χ4v) is 14.2. The zero-order valence-corrected chi connectivity index (χ0v) is 46.9. The largest absolute Gasteiger partial charge is 0.484 e. The van der Waals surface area contributed by atoms with Crippen LogP contribution in [0.2, 0.25) is 5.02 Å². The highest BCUT2D eigenvalue weighted by molar-refractivity contribution is 7.23. The van der Waals surface area contributed by atoms with Crippen molar-refractivity contribution in [3.05, 3.63) is 109 Å². The number of ether oxygens (including phenoxy) is 3. The molecule has 0 saturated carbocycles. The van der Waals surface area contributed by atoms with E-state index < -0.39 is 47.1 Å². The number of carbonyl (C=O) groups is 2. The molecule has 17 nitrogen and oxygen atoms in total. The van der Waals surface area contributed by atoms with Gasteiger partial charge in [-0.2, -0.15) is 15.2 Å². The Hall–Kier alpha value is -7.35. The van der Waals surface area contributed by atoms with Gasteiger partial charge in [0, 0.05) is 78.0 Å². The van der Waals surface area contributed by atoms with Crippen molar-refractivity contribution in [2.24, 2.45) is 0 Å². The maximum absolute atomic E-state index is 17.6. The minimum atomic E-state index is -1.95. The predicted octanol–water partition coefficient (Wildman–Crippen LogP) is 8.41. The number of anilines is 2. The van der Waals surface area contributed by atoms with Gasteiger partial charge >= 0.3 is 12.0 Å². The normalized spacial score (nSPS) is 21.8. The molecule has 3 fully saturated rings. The number of nitrogens with two attached hydrogens (primary N) is 1. The Morgan fingerprint density at radius 3 is 2.63 bits per heavy atom. The number of thiophene rings is 1. The van der Waals surface area contributed by atoms with Crippen molar-refractivity contribution in [1.29, 1.82) is 5.26 Å². The van der Waals surface area contributed by atoms with Gasteiger partial charge in [0.1, 0.15) is 59.5 Å². The number of esters is 1. The Labute approximate surface area is 472 Å². The van der Waals surface area contributed by atoms with Crippen LogP contribution in [0.4, 0.5) is 24.0 Å². The van der Waals surface area contributed by atoms with Crippen LogP contribution in [-0.2, 0) is 39.5 Å². The molecule has 1 unspecified atom stereocenters. The highest BCUT2D eigenvalue weighted by Gasteiger charge is 2.50. The van der Waals surface area contributed by atoms with Crippen LogP contribution < -0.4 is 25.7 Å². The summed E-state index contributed by atoms with van der Waals surface area (Å²) in [4.78, 5) is 63.7. The molecule has 3 N–H and O–H groups in total. The molecule has 22 heteroatoms. The second kappa shape index (κ2) is 20.3. The van der Waals surface area contributed by atoms with E-state index in [9.17, 15) is 29.1 Å². The zero-order valence-electron chi connectivity index (χ0n) is 45.3. The van der Waals surface area contributed by atoms with Gasteiger partial charge < -0.3 is 44.3 Å². The molecule has 0 aliphatic carbocycles. The first-order chi connectivity index (χ1) is 38.8. The Morgan fingerprint density at radius 1 is 1.09 bits per heavy atom. The standard InChI is InChI=1S/C59H58ClF3N10O7S/c1-7-33-35-18-32(10-13-43(35)66-49-38(33)25-73-44(49)20-40-39(55(73)75)27-78-56(76)59(40,77)8-2)80-45(26-69(5)6)30(4)54(74)70-16-17-72(29(3)23-70)53-36-19-41(60)47(34-11-12-42(62)51-46(34)37(22-64)52(65)81-51)48(63)50(36)67-57(68-53)79-28-58-14-9-15-71(58)24-31(61)21-58/h10-13,18-20,29,31,45,77H,4,7-9,14-17,21,23-28,65H2,1-3,5-6H3/t29-,31+,45?,58-,59-/m0/s1. The third-order valence-corrected chi connectivity index (χ3v) is 18.4. The molecule has 9 heterocycles. The summed E-state index contributed by atoms with van der Waals surface area (Å²) in [7, 11) is 3.74. The number of aromatic nitrogens is 4. The highest BCUT2D eigenvalue weighted by atomic mass is 35.5. The average Bonchev–Trinajstić information content (AvgIpc) is 3.40. The third kappa shape index (κ3) is 8.74. The maximum Gasteiger partial charge on any atom is 0.343 e. The minimum absolute atomic E-state index is 0.00320. The van der Waals surface area contributed by atoms with Crippen molar-refractivity contribution in [2.45, 2.75) is 95.5 Å². The number of cyclic esters (lactones) is 1. The Balaban J connectivity index is 0.832. The van der Waals surface area contributed by atoms with E-state index in [1.807, 2.05) is 55.9 Å². The molecule has 3 aromatic carbocycles. The number of nitrogens with zero attached hydrogens (tertiary/aromatic N) is 9. The van der Waals surface area contributed by atoms with Crippen LogP contribution in [0.1, 0.15) is 74.3 Å². The van der Waals surface area contributed by atoms with Gasteiger partial charge in [0.25, 0.3) is 11.5 Å². The lowest BCUT2D eigenvalue weighted by atomic mass is 9.86. The van der Waals surface area contributed by atoms with Gasteiger partial charge in [-0.1, -0.05) is 38.1 Å². The van der Waals surface area contributed by atoms with Crippen molar-refractivity contribution >= 4 is 77.5 Å². The number of benzene rings is 3. The van der Waals surface area contributed by atoms with Crippen LogP contribution in [-0.4, -0.2) is 135 Å².